The van der Waals surface area contributed by atoms with Gasteiger partial charge in [-0.05, 0) is 24.8 Å². The third-order valence-corrected chi connectivity index (χ3v) is 4.23. The van der Waals surface area contributed by atoms with Crippen molar-refractivity contribution in [2.45, 2.75) is 46.7 Å². The van der Waals surface area contributed by atoms with E-state index in [1.165, 1.54) is 4.88 Å². The number of guanidine groups is 1. The van der Waals surface area contributed by atoms with Gasteiger partial charge in [0.05, 0.1) is 18.8 Å². The summed E-state index contributed by atoms with van der Waals surface area (Å²) in [5.74, 6) is 1.76. The Kier molecular flexibility index (Phi) is 9.23. The lowest BCUT2D eigenvalue weighted by atomic mass is 10.1. The van der Waals surface area contributed by atoms with Crippen LogP contribution in [-0.2, 0) is 25.9 Å². The van der Waals surface area contributed by atoms with Gasteiger partial charge in [0.15, 0.2) is 5.96 Å². The van der Waals surface area contributed by atoms with Gasteiger partial charge in [-0.3, -0.25) is 0 Å². The lowest BCUT2D eigenvalue weighted by molar-refractivity contribution is 0.380. The second-order valence-electron chi connectivity index (χ2n) is 4.87. The molecule has 0 saturated heterocycles. The molecule has 0 radical (unpaired) electrons. The molecule has 128 valence electrons. The van der Waals surface area contributed by atoms with Gasteiger partial charge in [-0.25, -0.2) is 4.99 Å². The molecule has 0 bridgehead atoms. The Bertz CT molecular complexity index is 574. The summed E-state index contributed by atoms with van der Waals surface area (Å²) in [5, 5.41) is 12.8. The average molecular weight is 448 g/mol. The minimum atomic E-state index is 0. The molecule has 5 nitrogen and oxygen atoms in total. The lowest BCUT2D eigenvalue weighted by Gasteiger charge is -2.10. The van der Waals surface area contributed by atoms with E-state index < -0.39 is 0 Å². The maximum atomic E-state index is 5.39. The molecular formula is C16H25IN4OS. The Morgan fingerprint density at radius 1 is 1.26 bits per heavy atom. The maximum Gasteiger partial charge on any atom is 0.191 e. The first-order chi connectivity index (χ1) is 10.8. The van der Waals surface area contributed by atoms with E-state index in [1.54, 1.807) is 11.3 Å². The van der Waals surface area contributed by atoms with E-state index in [0.717, 1.165) is 48.9 Å². The van der Waals surface area contributed by atoms with Crippen LogP contribution in [0.2, 0.25) is 0 Å². The second-order valence-corrected chi connectivity index (χ2v) is 5.90. The normalized spacial score (nSPS) is 11.2. The van der Waals surface area contributed by atoms with Gasteiger partial charge in [0.1, 0.15) is 5.76 Å². The Morgan fingerprint density at radius 2 is 2.09 bits per heavy atom. The van der Waals surface area contributed by atoms with Crippen LogP contribution in [0, 0.1) is 0 Å². The predicted molar refractivity (Wildman–Crippen MR) is 107 cm³/mol. The van der Waals surface area contributed by atoms with Gasteiger partial charge in [-0.15, -0.1) is 35.3 Å². The third-order valence-electron chi connectivity index (χ3n) is 3.36. The molecule has 23 heavy (non-hydrogen) atoms. The topological polar surface area (TPSA) is 62.5 Å². The molecule has 0 aliphatic rings. The molecule has 2 aromatic heterocycles. The molecule has 7 heteroatoms. The number of thiophene rings is 1. The van der Waals surface area contributed by atoms with E-state index in [0.29, 0.717) is 6.54 Å². The van der Waals surface area contributed by atoms with E-state index >= 15 is 0 Å². The standard InChI is InChI=1S/C16H24N4OS.HI/c1-4-14-13(15(5-2)21-20-14)11-19-16(17-6-3)18-10-12-8-7-9-22-12;/h7-9H,4-6,10-11H2,1-3H3,(H2,17,18,19);1H. The van der Waals surface area contributed by atoms with E-state index in [4.69, 9.17) is 4.52 Å². The summed E-state index contributed by atoms with van der Waals surface area (Å²) in [6, 6.07) is 4.18. The molecule has 0 amide bonds. The van der Waals surface area contributed by atoms with E-state index in [2.05, 4.69) is 59.1 Å². The number of rotatable bonds is 7. The molecule has 0 unspecified atom stereocenters. The van der Waals surface area contributed by atoms with Crippen molar-refractivity contribution in [3.05, 3.63) is 39.4 Å². The third kappa shape index (κ3) is 5.80. The van der Waals surface area contributed by atoms with Gasteiger partial charge in [0.25, 0.3) is 0 Å². The first-order valence-electron chi connectivity index (χ1n) is 7.79. The number of aromatic nitrogens is 1. The molecular weight excluding hydrogens is 423 g/mol. The zero-order valence-corrected chi connectivity index (χ0v) is 17.0. The zero-order chi connectivity index (χ0) is 15.8. The number of aryl methyl sites for hydroxylation is 2. The molecule has 0 spiro atoms. The fourth-order valence-electron chi connectivity index (χ4n) is 2.20. The van der Waals surface area contributed by atoms with Crippen molar-refractivity contribution in [3.8, 4) is 0 Å². The first-order valence-corrected chi connectivity index (χ1v) is 8.67. The van der Waals surface area contributed by atoms with Crippen LogP contribution in [0.25, 0.3) is 0 Å². The molecule has 0 saturated carbocycles. The Morgan fingerprint density at radius 3 is 2.70 bits per heavy atom. The average Bonchev–Trinajstić information content (AvgIpc) is 3.18. The number of nitrogens with one attached hydrogen (secondary N) is 2. The van der Waals surface area contributed by atoms with Crippen LogP contribution >= 0.6 is 35.3 Å². The highest BCUT2D eigenvalue weighted by molar-refractivity contribution is 14.0. The van der Waals surface area contributed by atoms with Gasteiger partial charge in [0.2, 0.25) is 0 Å². The van der Waals surface area contributed by atoms with Crippen molar-refractivity contribution in [2.75, 3.05) is 6.54 Å². The number of hydrogen-bond acceptors (Lipinski definition) is 4. The van der Waals surface area contributed by atoms with Gasteiger partial charge in [-0.1, -0.05) is 25.1 Å². The number of aliphatic imine (C=N–C) groups is 1. The Hall–Kier alpha value is -1.09. The van der Waals surface area contributed by atoms with E-state index in [-0.39, 0.29) is 24.0 Å². The van der Waals surface area contributed by atoms with Gasteiger partial charge in [0, 0.05) is 23.4 Å². The summed E-state index contributed by atoms with van der Waals surface area (Å²) in [4.78, 5) is 5.96. The monoisotopic (exact) mass is 448 g/mol. The zero-order valence-electron chi connectivity index (χ0n) is 13.9. The summed E-state index contributed by atoms with van der Waals surface area (Å²) < 4.78 is 5.39. The molecule has 2 rings (SSSR count). The molecule has 0 aliphatic heterocycles. The predicted octanol–water partition coefficient (Wildman–Crippen LogP) is 3.73. The van der Waals surface area contributed by atoms with Gasteiger partial charge in [-0.2, -0.15) is 0 Å². The molecule has 0 fully saturated rings. The smallest absolute Gasteiger partial charge is 0.191 e. The molecule has 2 aromatic rings. The highest BCUT2D eigenvalue weighted by Gasteiger charge is 2.13. The highest BCUT2D eigenvalue weighted by Crippen LogP contribution is 2.16. The second kappa shape index (κ2) is 10.6. The van der Waals surface area contributed by atoms with Crippen molar-refractivity contribution >= 4 is 41.3 Å². The first kappa shape index (κ1) is 20.0. The quantitative estimate of drug-likeness (QED) is 0.385. The lowest BCUT2D eigenvalue weighted by Crippen LogP contribution is -2.36. The van der Waals surface area contributed by atoms with Crippen molar-refractivity contribution < 1.29 is 4.52 Å². The van der Waals surface area contributed by atoms with Crippen LogP contribution in [0.5, 0.6) is 0 Å². The van der Waals surface area contributed by atoms with Crippen LogP contribution in [-0.4, -0.2) is 17.7 Å². The van der Waals surface area contributed by atoms with Gasteiger partial charge >= 0.3 is 0 Å². The molecule has 0 atom stereocenters. The summed E-state index contributed by atoms with van der Waals surface area (Å²) in [6.45, 7) is 8.44. The van der Waals surface area contributed by atoms with Crippen molar-refractivity contribution in [1.29, 1.82) is 0 Å². The fraction of sp³-hybridized carbons (Fsp3) is 0.500. The number of hydrogen-bond donors (Lipinski definition) is 2. The molecule has 2 heterocycles. The Balaban J connectivity index is 0.00000264. The SMILES string of the molecule is CCNC(=NCc1c(CC)noc1CC)NCc1cccs1.I. The van der Waals surface area contributed by atoms with Crippen molar-refractivity contribution in [3.63, 3.8) is 0 Å². The molecule has 0 aliphatic carbocycles. The van der Waals surface area contributed by atoms with Crippen LogP contribution in [0.3, 0.4) is 0 Å². The minimum Gasteiger partial charge on any atom is -0.361 e. The fourth-order valence-corrected chi connectivity index (χ4v) is 2.85. The Labute approximate surface area is 159 Å². The van der Waals surface area contributed by atoms with Crippen LogP contribution in [0.15, 0.2) is 27.0 Å². The van der Waals surface area contributed by atoms with E-state index in [1.807, 2.05) is 0 Å². The maximum absolute atomic E-state index is 5.39. The van der Waals surface area contributed by atoms with Crippen LogP contribution in [0.1, 0.15) is 42.7 Å². The number of nitrogens with zero attached hydrogens (tertiary/aromatic N) is 2. The minimum absolute atomic E-state index is 0. The van der Waals surface area contributed by atoms with Crippen molar-refractivity contribution in [2.24, 2.45) is 4.99 Å². The summed E-state index contributed by atoms with van der Waals surface area (Å²) in [6.07, 6.45) is 1.71. The summed E-state index contributed by atoms with van der Waals surface area (Å²) in [5.41, 5.74) is 2.13. The van der Waals surface area contributed by atoms with Crippen LogP contribution in [0.4, 0.5) is 0 Å². The van der Waals surface area contributed by atoms with Gasteiger partial charge < -0.3 is 15.2 Å². The van der Waals surface area contributed by atoms with E-state index in [9.17, 15) is 0 Å². The van der Waals surface area contributed by atoms with Crippen LogP contribution < -0.4 is 10.6 Å². The largest absolute Gasteiger partial charge is 0.361 e. The van der Waals surface area contributed by atoms with Crippen molar-refractivity contribution in [1.82, 2.24) is 15.8 Å². The molecule has 0 aromatic carbocycles. The number of halogens is 1. The highest BCUT2D eigenvalue weighted by atomic mass is 127. The summed E-state index contributed by atoms with van der Waals surface area (Å²) in [7, 11) is 0. The summed E-state index contributed by atoms with van der Waals surface area (Å²) >= 11 is 1.74. The molecule has 2 N–H and O–H groups in total.